The smallest absolute Gasteiger partial charge is 0.207 e. The van der Waals surface area contributed by atoms with Crippen LogP contribution in [0.15, 0.2) is 29.2 Å². The Bertz CT molecular complexity index is 653. The standard InChI is InChI=1S/C16H20F3NO2S/c17-16(18,19)13-7-9-14(10-8-13)23(21,22)20-11-3-5-12-4-1-2-6-15(12)20/h7-10,12,15H,1-6,11H2/t12-,15+/m1/s1. The molecule has 1 aliphatic carbocycles. The van der Waals surface area contributed by atoms with Crippen molar-refractivity contribution >= 4 is 10.0 Å². The number of alkyl halides is 3. The van der Waals surface area contributed by atoms with E-state index >= 15 is 0 Å². The van der Waals surface area contributed by atoms with Gasteiger partial charge in [0.1, 0.15) is 0 Å². The Morgan fingerprint density at radius 1 is 0.957 bits per heavy atom. The molecule has 0 unspecified atom stereocenters. The molecular weight excluding hydrogens is 327 g/mol. The fourth-order valence-electron chi connectivity index (χ4n) is 3.83. The van der Waals surface area contributed by atoms with Crippen LogP contribution in [0.3, 0.4) is 0 Å². The Morgan fingerprint density at radius 2 is 1.57 bits per heavy atom. The van der Waals surface area contributed by atoms with Crippen LogP contribution in [-0.4, -0.2) is 25.3 Å². The predicted molar refractivity (Wildman–Crippen MR) is 80.3 cm³/mol. The highest BCUT2D eigenvalue weighted by Gasteiger charge is 2.40. The molecule has 2 atom stereocenters. The lowest BCUT2D eigenvalue weighted by molar-refractivity contribution is -0.137. The molecule has 7 heteroatoms. The number of rotatable bonds is 2. The first-order chi connectivity index (χ1) is 10.8. The van der Waals surface area contributed by atoms with Gasteiger partial charge in [-0.2, -0.15) is 17.5 Å². The van der Waals surface area contributed by atoms with E-state index in [1.54, 1.807) is 0 Å². The average Bonchev–Trinajstić information content (AvgIpc) is 2.53. The van der Waals surface area contributed by atoms with Crippen LogP contribution in [0.5, 0.6) is 0 Å². The van der Waals surface area contributed by atoms with Gasteiger partial charge >= 0.3 is 6.18 Å². The summed E-state index contributed by atoms with van der Waals surface area (Å²) in [6, 6.07) is 3.84. The SMILES string of the molecule is O=S(=O)(c1ccc(C(F)(F)F)cc1)N1CCC[C@H]2CCCC[C@@H]21. The molecule has 1 aromatic rings. The Kier molecular flexibility index (Phi) is 4.44. The van der Waals surface area contributed by atoms with Gasteiger partial charge in [0.15, 0.2) is 0 Å². The molecule has 1 saturated carbocycles. The first-order valence-corrected chi connectivity index (χ1v) is 9.43. The van der Waals surface area contributed by atoms with Crippen molar-refractivity contribution in [3.63, 3.8) is 0 Å². The van der Waals surface area contributed by atoms with Gasteiger partial charge in [-0.15, -0.1) is 0 Å². The number of halogens is 3. The topological polar surface area (TPSA) is 37.4 Å². The lowest BCUT2D eigenvalue weighted by Crippen LogP contribution is -2.49. The van der Waals surface area contributed by atoms with Crippen LogP contribution in [0.4, 0.5) is 13.2 Å². The fourth-order valence-corrected chi connectivity index (χ4v) is 5.58. The van der Waals surface area contributed by atoms with E-state index in [-0.39, 0.29) is 10.9 Å². The summed E-state index contributed by atoms with van der Waals surface area (Å²) in [5, 5.41) is 0. The van der Waals surface area contributed by atoms with Crippen molar-refractivity contribution in [2.75, 3.05) is 6.54 Å². The largest absolute Gasteiger partial charge is 0.416 e. The predicted octanol–water partition coefficient (Wildman–Crippen LogP) is 4.05. The fraction of sp³-hybridized carbons (Fsp3) is 0.625. The summed E-state index contributed by atoms with van der Waals surface area (Å²) in [5.74, 6) is 0.390. The van der Waals surface area contributed by atoms with Gasteiger partial charge in [0, 0.05) is 12.6 Å². The van der Waals surface area contributed by atoms with Crippen LogP contribution in [0.25, 0.3) is 0 Å². The zero-order valence-corrected chi connectivity index (χ0v) is 13.5. The average molecular weight is 347 g/mol. The minimum atomic E-state index is -4.46. The Morgan fingerprint density at radius 3 is 2.22 bits per heavy atom. The summed E-state index contributed by atoms with van der Waals surface area (Å²) < 4.78 is 65.1. The van der Waals surface area contributed by atoms with Crippen molar-refractivity contribution in [2.24, 2.45) is 5.92 Å². The van der Waals surface area contributed by atoms with Crippen LogP contribution in [0, 0.1) is 5.92 Å². The highest BCUT2D eigenvalue weighted by atomic mass is 32.2. The zero-order valence-electron chi connectivity index (χ0n) is 12.7. The van der Waals surface area contributed by atoms with Gasteiger partial charge < -0.3 is 0 Å². The van der Waals surface area contributed by atoms with Crippen LogP contribution >= 0.6 is 0 Å². The number of hydrogen-bond donors (Lipinski definition) is 0. The third-order valence-electron chi connectivity index (χ3n) is 4.98. The molecule has 1 aromatic carbocycles. The molecule has 0 N–H and O–H groups in total. The van der Waals surface area contributed by atoms with Gasteiger partial charge in [-0.05, 0) is 55.9 Å². The number of piperidine rings is 1. The molecular formula is C16H20F3NO2S. The number of benzene rings is 1. The second kappa shape index (κ2) is 6.09. The van der Waals surface area contributed by atoms with Crippen LogP contribution in [0.1, 0.15) is 44.1 Å². The van der Waals surface area contributed by atoms with E-state index in [2.05, 4.69) is 0 Å². The second-order valence-electron chi connectivity index (χ2n) is 6.39. The van der Waals surface area contributed by atoms with Crippen LogP contribution in [-0.2, 0) is 16.2 Å². The van der Waals surface area contributed by atoms with Crippen LogP contribution in [0.2, 0.25) is 0 Å². The maximum Gasteiger partial charge on any atom is 0.416 e. The lowest BCUT2D eigenvalue weighted by Gasteiger charge is -2.43. The Labute approximate surface area is 134 Å². The molecule has 1 aliphatic heterocycles. The van der Waals surface area contributed by atoms with Crippen molar-refractivity contribution in [3.05, 3.63) is 29.8 Å². The summed E-state index contributed by atoms with van der Waals surface area (Å²) in [6.45, 7) is 0.463. The van der Waals surface area contributed by atoms with Gasteiger partial charge in [-0.1, -0.05) is 12.8 Å². The molecule has 0 amide bonds. The minimum Gasteiger partial charge on any atom is -0.207 e. The van der Waals surface area contributed by atoms with Gasteiger partial charge in [0.25, 0.3) is 0 Å². The number of hydrogen-bond acceptors (Lipinski definition) is 2. The molecule has 2 aliphatic rings. The second-order valence-corrected chi connectivity index (χ2v) is 8.28. The van der Waals surface area contributed by atoms with Crippen molar-refractivity contribution in [1.82, 2.24) is 4.31 Å². The summed E-state index contributed by atoms with van der Waals surface area (Å²) in [7, 11) is -3.73. The molecule has 0 spiro atoms. The quantitative estimate of drug-likeness (QED) is 0.809. The zero-order chi connectivity index (χ0) is 16.7. The lowest BCUT2D eigenvalue weighted by atomic mass is 9.79. The highest BCUT2D eigenvalue weighted by Crippen LogP contribution is 2.38. The number of nitrogens with zero attached hydrogens (tertiary/aromatic N) is 1. The normalized spacial score (nSPS) is 26.7. The highest BCUT2D eigenvalue weighted by molar-refractivity contribution is 7.89. The molecule has 23 heavy (non-hydrogen) atoms. The maximum absolute atomic E-state index is 12.8. The molecule has 3 rings (SSSR count). The Hall–Kier alpha value is -1.08. The van der Waals surface area contributed by atoms with E-state index in [1.165, 1.54) is 4.31 Å². The van der Waals surface area contributed by atoms with Crippen molar-refractivity contribution in [2.45, 2.75) is 55.6 Å². The van der Waals surface area contributed by atoms with E-state index in [0.29, 0.717) is 12.5 Å². The van der Waals surface area contributed by atoms with E-state index < -0.39 is 21.8 Å². The molecule has 0 radical (unpaired) electrons. The van der Waals surface area contributed by atoms with Crippen LogP contribution < -0.4 is 0 Å². The monoisotopic (exact) mass is 347 g/mol. The van der Waals surface area contributed by atoms with Gasteiger partial charge in [0.2, 0.25) is 10.0 Å². The summed E-state index contributed by atoms with van der Waals surface area (Å²) in [6.07, 6.45) is 1.45. The molecule has 0 bridgehead atoms. The van der Waals surface area contributed by atoms with E-state index in [4.69, 9.17) is 0 Å². The van der Waals surface area contributed by atoms with Crippen molar-refractivity contribution < 1.29 is 21.6 Å². The van der Waals surface area contributed by atoms with Gasteiger partial charge in [-0.3, -0.25) is 0 Å². The molecule has 1 saturated heterocycles. The molecule has 3 nitrogen and oxygen atoms in total. The summed E-state index contributed by atoms with van der Waals surface area (Å²) in [5.41, 5.74) is -0.828. The Balaban J connectivity index is 1.88. The molecule has 128 valence electrons. The number of fused-ring (bicyclic) bond motifs is 1. The maximum atomic E-state index is 12.8. The van der Waals surface area contributed by atoms with Gasteiger partial charge in [-0.25, -0.2) is 8.42 Å². The third-order valence-corrected chi connectivity index (χ3v) is 6.92. The van der Waals surface area contributed by atoms with E-state index in [1.807, 2.05) is 0 Å². The van der Waals surface area contributed by atoms with Crippen molar-refractivity contribution in [3.8, 4) is 0 Å². The third kappa shape index (κ3) is 3.26. The van der Waals surface area contributed by atoms with Gasteiger partial charge in [0.05, 0.1) is 10.5 Å². The minimum absolute atomic E-state index is 0.00444. The number of sulfonamides is 1. The van der Waals surface area contributed by atoms with Crippen molar-refractivity contribution in [1.29, 1.82) is 0 Å². The van der Waals surface area contributed by atoms with E-state index in [9.17, 15) is 21.6 Å². The molecule has 2 fully saturated rings. The first kappa shape index (κ1) is 16.8. The van der Waals surface area contributed by atoms with E-state index in [0.717, 1.165) is 62.8 Å². The summed E-state index contributed by atoms with van der Waals surface area (Å²) in [4.78, 5) is -0.0447. The molecule has 1 heterocycles. The molecule has 0 aromatic heterocycles. The summed E-state index contributed by atoms with van der Waals surface area (Å²) >= 11 is 0. The first-order valence-electron chi connectivity index (χ1n) is 7.99.